The number of aromatic nitrogens is 1. The van der Waals surface area contributed by atoms with Crippen molar-refractivity contribution in [1.82, 2.24) is 4.98 Å². The Morgan fingerprint density at radius 1 is 1.12 bits per heavy atom. The molecule has 24 heavy (non-hydrogen) atoms. The largest absolute Gasteiger partial charge is 0.497 e. The summed E-state index contributed by atoms with van der Waals surface area (Å²) in [6.07, 6.45) is 1.73. The summed E-state index contributed by atoms with van der Waals surface area (Å²) in [4.78, 5) is 6.91. The lowest BCUT2D eigenvalue weighted by molar-refractivity contribution is 0.414. The molecular weight excluding hydrogens is 300 g/mol. The fourth-order valence-corrected chi connectivity index (χ4v) is 2.67. The number of hydrogen-bond acceptors (Lipinski definition) is 4. The topological polar surface area (TPSA) is 38.5 Å². The number of aryl methyl sites for hydroxylation is 1. The van der Waals surface area contributed by atoms with Crippen LogP contribution in [-0.2, 0) is 6.54 Å². The molecular formula is C20H22N2O2. The predicted octanol–water partition coefficient (Wildman–Crippen LogP) is 4.69. The molecule has 0 aliphatic rings. The van der Waals surface area contributed by atoms with E-state index in [9.17, 15) is 0 Å². The fourth-order valence-electron chi connectivity index (χ4n) is 2.67. The normalized spacial score (nSPS) is 10.6. The molecule has 4 nitrogen and oxygen atoms in total. The Morgan fingerprint density at radius 2 is 1.96 bits per heavy atom. The highest BCUT2D eigenvalue weighted by Crippen LogP contribution is 2.24. The maximum atomic E-state index is 5.66. The first-order chi connectivity index (χ1) is 11.7. The standard InChI is InChI=1S/C20H22N2O2/c1-4-22(18-9-5-7-15(2)11-18)13-17-14-24-20(21-17)16-8-6-10-19(12-16)23-3/h5-12,14H,4,13H2,1-3H3. The summed E-state index contributed by atoms with van der Waals surface area (Å²) in [7, 11) is 1.65. The van der Waals surface area contributed by atoms with E-state index in [1.165, 1.54) is 11.3 Å². The van der Waals surface area contributed by atoms with E-state index in [1.54, 1.807) is 13.4 Å². The Kier molecular flexibility index (Phi) is 4.85. The van der Waals surface area contributed by atoms with Crippen molar-refractivity contribution in [2.24, 2.45) is 0 Å². The van der Waals surface area contributed by atoms with Crippen molar-refractivity contribution in [2.45, 2.75) is 20.4 Å². The number of oxazole rings is 1. The zero-order valence-corrected chi connectivity index (χ0v) is 14.3. The molecule has 0 bridgehead atoms. The van der Waals surface area contributed by atoms with Crippen molar-refractivity contribution >= 4 is 5.69 Å². The van der Waals surface area contributed by atoms with Gasteiger partial charge < -0.3 is 14.1 Å². The van der Waals surface area contributed by atoms with E-state index in [2.05, 4.69) is 48.0 Å². The molecule has 4 heteroatoms. The average molecular weight is 322 g/mol. The van der Waals surface area contributed by atoms with Crippen LogP contribution in [0.4, 0.5) is 5.69 Å². The number of benzene rings is 2. The van der Waals surface area contributed by atoms with Gasteiger partial charge in [-0.05, 0) is 49.7 Å². The molecule has 124 valence electrons. The zero-order valence-electron chi connectivity index (χ0n) is 14.3. The molecule has 0 aliphatic heterocycles. The van der Waals surface area contributed by atoms with Gasteiger partial charge in [-0.25, -0.2) is 4.98 Å². The smallest absolute Gasteiger partial charge is 0.226 e. The number of nitrogens with zero attached hydrogens (tertiary/aromatic N) is 2. The van der Waals surface area contributed by atoms with Gasteiger partial charge >= 0.3 is 0 Å². The van der Waals surface area contributed by atoms with Crippen LogP contribution in [-0.4, -0.2) is 18.6 Å². The Morgan fingerprint density at radius 3 is 2.71 bits per heavy atom. The molecule has 0 spiro atoms. The second kappa shape index (κ2) is 7.21. The molecule has 0 saturated carbocycles. The van der Waals surface area contributed by atoms with Crippen molar-refractivity contribution in [3.63, 3.8) is 0 Å². The van der Waals surface area contributed by atoms with E-state index in [0.29, 0.717) is 12.4 Å². The Bertz CT molecular complexity index is 811. The number of rotatable bonds is 6. The third-order valence-electron chi connectivity index (χ3n) is 3.97. The summed E-state index contributed by atoms with van der Waals surface area (Å²) >= 11 is 0. The second-order valence-electron chi connectivity index (χ2n) is 5.73. The van der Waals surface area contributed by atoms with Crippen LogP contribution in [0.25, 0.3) is 11.5 Å². The van der Waals surface area contributed by atoms with Gasteiger partial charge in [0.1, 0.15) is 12.0 Å². The van der Waals surface area contributed by atoms with Crippen molar-refractivity contribution in [1.29, 1.82) is 0 Å². The maximum Gasteiger partial charge on any atom is 0.226 e. The number of methoxy groups -OCH3 is 1. The minimum atomic E-state index is 0.615. The van der Waals surface area contributed by atoms with E-state index in [0.717, 1.165) is 23.6 Å². The van der Waals surface area contributed by atoms with Crippen LogP contribution in [0.5, 0.6) is 5.75 Å². The lowest BCUT2D eigenvalue weighted by atomic mass is 10.2. The Labute approximate surface area is 142 Å². The van der Waals surface area contributed by atoms with Crippen molar-refractivity contribution in [3.8, 4) is 17.2 Å². The number of ether oxygens (including phenoxy) is 1. The fraction of sp³-hybridized carbons (Fsp3) is 0.250. The molecule has 0 amide bonds. The Balaban J connectivity index is 1.79. The summed E-state index contributed by atoms with van der Waals surface area (Å²) in [6.45, 7) is 5.87. The van der Waals surface area contributed by atoms with Gasteiger partial charge in [0.05, 0.1) is 19.3 Å². The van der Waals surface area contributed by atoms with Crippen LogP contribution in [0.3, 0.4) is 0 Å². The summed E-state index contributed by atoms with van der Waals surface area (Å²) in [6, 6.07) is 16.2. The van der Waals surface area contributed by atoms with Gasteiger partial charge in [-0.2, -0.15) is 0 Å². The third kappa shape index (κ3) is 3.59. The highest BCUT2D eigenvalue weighted by molar-refractivity contribution is 5.56. The first-order valence-corrected chi connectivity index (χ1v) is 8.10. The maximum absolute atomic E-state index is 5.66. The third-order valence-corrected chi connectivity index (χ3v) is 3.97. The van der Waals surface area contributed by atoms with E-state index in [1.807, 2.05) is 24.3 Å². The summed E-state index contributed by atoms with van der Waals surface area (Å²) in [5.74, 6) is 1.41. The van der Waals surface area contributed by atoms with E-state index in [-0.39, 0.29) is 0 Å². The number of hydrogen-bond donors (Lipinski definition) is 0. The Hall–Kier alpha value is -2.75. The van der Waals surface area contributed by atoms with Crippen LogP contribution in [0.15, 0.2) is 59.2 Å². The van der Waals surface area contributed by atoms with Gasteiger partial charge in [0.15, 0.2) is 0 Å². The molecule has 1 aromatic heterocycles. The molecule has 0 unspecified atom stereocenters. The highest BCUT2D eigenvalue weighted by atomic mass is 16.5. The van der Waals surface area contributed by atoms with E-state index >= 15 is 0 Å². The second-order valence-corrected chi connectivity index (χ2v) is 5.73. The summed E-state index contributed by atoms with van der Waals surface area (Å²) in [5.41, 5.74) is 4.28. The molecule has 2 aromatic carbocycles. The quantitative estimate of drug-likeness (QED) is 0.660. The average Bonchev–Trinajstić information content (AvgIpc) is 3.08. The van der Waals surface area contributed by atoms with Gasteiger partial charge in [-0.1, -0.05) is 18.2 Å². The minimum Gasteiger partial charge on any atom is -0.497 e. The zero-order chi connectivity index (χ0) is 16.9. The van der Waals surface area contributed by atoms with E-state index < -0.39 is 0 Å². The van der Waals surface area contributed by atoms with Gasteiger partial charge in [-0.15, -0.1) is 0 Å². The molecule has 0 aliphatic carbocycles. The molecule has 0 N–H and O–H groups in total. The predicted molar refractivity (Wildman–Crippen MR) is 96.4 cm³/mol. The molecule has 3 rings (SSSR count). The van der Waals surface area contributed by atoms with Crippen LogP contribution >= 0.6 is 0 Å². The lowest BCUT2D eigenvalue weighted by Crippen LogP contribution is -2.22. The first-order valence-electron chi connectivity index (χ1n) is 8.10. The van der Waals surface area contributed by atoms with Crippen molar-refractivity contribution in [2.75, 3.05) is 18.6 Å². The first kappa shape index (κ1) is 16.1. The summed E-state index contributed by atoms with van der Waals surface area (Å²) in [5, 5.41) is 0. The SMILES string of the molecule is CCN(Cc1coc(-c2cccc(OC)c2)n1)c1cccc(C)c1. The van der Waals surface area contributed by atoms with Crippen molar-refractivity contribution < 1.29 is 9.15 Å². The molecule has 3 aromatic rings. The lowest BCUT2D eigenvalue weighted by Gasteiger charge is -2.22. The van der Waals surface area contributed by atoms with Gasteiger partial charge in [-0.3, -0.25) is 0 Å². The molecule has 1 heterocycles. The van der Waals surface area contributed by atoms with Crippen LogP contribution < -0.4 is 9.64 Å². The molecule has 0 saturated heterocycles. The van der Waals surface area contributed by atoms with E-state index in [4.69, 9.17) is 9.15 Å². The molecule has 0 radical (unpaired) electrons. The molecule has 0 fully saturated rings. The van der Waals surface area contributed by atoms with Crippen molar-refractivity contribution in [3.05, 3.63) is 66.1 Å². The summed E-state index contributed by atoms with van der Waals surface area (Å²) < 4.78 is 10.9. The molecule has 0 atom stereocenters. The van der Waals surface area contributed by atoms with Crippen LogP contribution in [0.1, 0.15) is 18.2 Å². The highest BCUT2D eigenvalue weighted by Gasteiger charge is 2.11. The van der Waals surface area contributed by atoms with Gasteiger partial charge in [0, 0.05) is 17.8 Å². The number of anilines is 1. The van der Waals surface area contributed by atoms with Crippen LogP contribution in [0.2, 0.25) is 0 Å². The minimum absolute atomic E-state index is 0.615. The van der Waals surface area contributed by atoms with Gasteiger partial charge in [0.2, 0.25) is 5.89 Å². The van der Waals surface area contributed by atoms with Gasteiger partial charge in [0.25, 0.3) is 0 Å². The van der Waals surface area contributed by atoms with Crippen LogP contribution in [0, 0.1) is 6.92 Å². The monoisotopic (exact) mass is 322 g/mol.